The number of nitrogens with zero attached hydrogens (tertiary/aromatic N) is 6. The molecule has 0 radical (unpaired) electrons. The molecule has 28 heavy (non-hydrogen) atoms. The Bertz CT molecular complexity index is 797. The maximum atomic E-state index is 4.27. The minimum absolute atomic E-state index is 0. The molecule has 9 heteroatoms. The molecule has 0 saturated carbocycles. The van der Waals surface area contributed by atoms with Gasteiger partial charge in [0.1, 0.15) is 12.7 Å². The van der Waals surface area contributed by atoms with Crippen molar-refractivity contribution < 1.29 is 0 Å². The Morgan fingerprint density at radius 2 is 1.79 bits per heavy atom. The molecule has 3 rings (SSSR count). The van der Waals surface area contributed by atoms with E-state index in [1.165, 1.54) is 5.56 Å². The lowest BCUT2D eigenvalue weighted by atomic mass is 10.1. The van der Waals surface area contributed by atoms with Gasteiger partial charge < -0.3 is 15.2 Å². The first-order chi connectivity index (χ1) is 13.3. The van der Waals surface area contributed by atoms with Gasteiger partial charge in [-0.25, -0.2) is 4.68 Å². The van der Waals surface area contributed by atoms with E-state index >= 15 is 0 Å². The maximum Gasteiger partial charge on any atom is 0.190 e. The van der Waals surface area contributed by atoms with E-state index in [9.17, 15) is 0 Å². The third kappa shape index (κ3) is 6.95. The van der Waals surface area contributed by atoms with Crippen LogP contribution in [0, 0.1) is 0 Å². The summed E-state index contributed by atoms with van der Waals surface area (Å²) in [7, 11) is 1.80. The summed E-state index contributed by atoms with van der Waals surface area (Å²) in [5, 5.41) is 18.6. The molecule has 0 aliphatic heterocycles. The summed E-state index contributed by atoms with van der Waals surface area (Å²) >= 11 is 0. The van der Waals surface area contributed by atoms with Gasteiger partial charge in [0.15, 0.2) is 5.96 Å². The van der Waals surface area contributed by atoms with Crippen LogP contribution in [-0.2, 0) is 13.0 Å². The van der Waals surface area contributed by atoms with Crippen molar-refractivity contribution in [1.82, 2.24) is 35.2 Å². The summed E-state index contributed by atoms with van der Waals surface area (Å²) in [6.45, 7) is 2.66. The number of unbranched alkanes of at least 4 members (excludes halogenated alkanes) is 1. The second kappa shape index (κ2) is 12.1. The number of aromatic nitrogens is 5. The average molecular weight is 494 g/mol. The smallest absolute Gasteiger partial charge is 0.190 e. The highest BCUT2D eigenvalue weighted by molar-refractivity contribution is 14.0. The molecule has 0 aliphatic rings. The Morgan fingerprint density at radius 1 is 1.04 bits per heavy atom. The van der Waals surface area contributed by atoms with Crippen LogP contribution in [0.15, 0.2) is 60.4 Å². The number of hydrogen-bond acceptors (Lipinski definition) is 4. The van der Waals surface area contributed by atoms with Crippen LogP contribution >= 0.6 is 24.0 Å². The minimum atomic E-state index is 0. The van der Waals surface area contributed by atoms with Crippen LogP contribution in [-0.4, -0.2) is 50.6 Å². The highest BCUT2D eigenvalue weighted by Crippen LogP contribution is 2.08. The van der Waals surface area contributed by atoms with Crippen LogP contribution in [0.2, 0.25) is 0 Å². The van der Waals surface area contributed by atoms with E-state index in [0.29, 0.717) is 0 Å². The van der Waals surface area contributed by atoms with E-state index in [4.69, 9.17) is 0 Å². The first-order valence-electron chi connectivity index (χ1n) is 9.21. The normalized spacial score (nSPS) is 11.1. The zero-order valence-electron chi connectivity index (χ0n) is 16.0. The van der Waals surface area contributed by atoms with E-state index in [1.807, 2.05) is 21.5 Å². The summed E-state index contributed by atoms with van der Waals surface area (Å²) < 4.78 is 3.85. The molecule has 2 heterocycles. The van der Waals surface area contributed by atoms with E-state index in [1.54, 1.807) is 25.9 Å². The van der Waals surface area contributed by atoms with Crippen molar-refractivity contribution in [2.75, 3.05) is 20.1 Å². The van der Waals surface area contributed by atoms with E-state index < -0.39 is 0 Å². The zero-order valence-corrected chi connectivity index (χ0v) is 18.4. The number of aliphatic imine (C=N–C) groups is 1. The van der Waals surface area contributed by atoms with Gasteiger partial charge in [0, 0.05) is 39.1 Å². The number of halogens is 1. The van der Waals surface area contributed by atoms with Crippen molar-refractivity contribution in [2.24, 2.45) is 4.99 Å². The number of rotatable bonds is 9. The molecular formula is C19H27IN8. The molecule has 3 aromatic rings. The number of hydrogen-bond donors (Lipinski definition) is 2. The number of benzene rings is 1. The average Bonchev–Trinajstić information content (AvgIpc) is 3.41. The Balaban J connectivity index is 0.00000280. The lowest BCUT2D eigenvalue weighted by Crippen LogP contribution is -2.38. The SMILES string of the molecule is CN=C(NCCCCn1cnnc1)NCCc1ccc(-n2cccn2)cc1.I. The quantitative estimate of drug-likeness (QED) is 0.206. The van der Waals surface area contributed by atoms with Crippen molar-refractivity contribution in [2.45, 2.75) is 25.8 Å². The lowest BCUT2D eigenvalue weighted by molar-refractivity contribution is 0.597. The fourth-order valence-corrected chi connectivity index (χ4v) is 2.75. The Hall–Kier alpha value is -2.43. The topological polar surface area (TPSA) is 85.0 Å². The predicted octanol–water partition coefficient (Wildman–Crippen LogP) is 2.27. The Kier molecular flexibility index (Phi) is 9.46. The highest BCUT2D eigenvalue weighted by atomic mass is 127. The number of guanidine groups is 1. The molecule has 0 atom stereocenters. The molecule has 0 spiro atoms. The largest absolute Gasteiger partial charge is 0.356 e. The van der Waals surface area contributed by atoms with Crippen molar-refractivity contribution in [3.05, 3.63) is 60.9 Å². The van der Waals surface area contributed by atoms with Gasteiger partial charge in [0.25, 0.3) is 0 Å². The van der Waals surface area contributed by atoms with Gasteiger partial charge in [-0.1, -0.05) is 12.1 Å². The van der Waals surface area contributed by atoms with Gasteiger partial charge in [-0.15, -0.1) is 34.2 Å². The molecule has 2 N–H and O–H groups in total. The van der Waals surface area contributed by atoms with Crippen LogP contribution < -0.4 is 10.6 Å². The third-order valence-corrected chi connectivity index (χ3v) is 4.24. The molecule has 0 fully saturated rings. The molecule has 8 nitrogen and oxygen atoms in total. The first-order valence-corrected chi connectivity index (χ1v) is 9.21. The fraction of sp³-hybridized carbons (Fsp3) is 0.368. The molecular weight excluding hydrogens is 467 g/mol. The number of aryl methyl sites for hydroxylation is 1. The summed E-state index contributed by atoms with van der Waals surface area (Å²) in [6, 6.07) is 10.4. The van der Waals surface area contributed by atoms with Crippen molar-refractivity contribution in [1.29, 1.82) is 0 Å². The summed E-state index contributed by atoms with van der Waals surface area (Å²) in [5.41, 5.74) is 2.35. The summed E-state index contributed by atoms with van der Waals surface area (Å²) in [5.74, 6) is 0.840. The van der Waals surface area contributed by atoms with Crippen LogP contribution in [0.1, 0.15) is 18.4 Å². The van der Waals surface area contributed by atoms with Crippen LogP contribution in [0.4, 0.5) is 0 Å². The minimum Gasteiger partial charge on any atom is -0.356 e. The second-order valence-electron chi connectivity index (χ2n) is 6.20. The van der Waals surface area contributed by atoms with Crippen molar-refractivity contribution in [3.8, 4) is 5.69 Å². The molecule has 150 valence electrons. The lowest BCUT2D eigenvalue weighted by Gasteiger charge is -2.12. The van der Waals surface area contributed by atoms with Gasteiger partial charge >= 0.3 is 0 Å². The van der Waals surface area contributed by atoms with Gasteiger partial charge in [-0.2, -0.15) is 5.10 Å². The van der Waals surface area contributed by atoms with Crippen molar-refractivity contribution in [3.63, 3.8) is 0 Å². The summed E-state index contributed by atoms with van der Waals surface area (Å²) in [6.07, 6.45) is 10.3. The van der Waals surface area contributed by atoms with E-state index in [-0.39, 0.29) is 24.0 Å². The van der Waals surface area contributed by atoms with Crippen molar-refractivity contribution >= 4 is 29.9 Å². The van der Waals surface area contributed by atoms with Gasteiger partial charge in [0.2, 0.25) is 0 Å². The van der Waals surface area contributed by atoms with Crippen LogP contribution in [0.25, 0.3) is 5.69 Å². The van der Waals surface area contributed by atoms with E-state index in [0.717, 1.165) is 50.5 Å². The van der Waals surface area contributed by atoms with Gasteiger partial charge in [-0.05, 0) is 43.0 Å². The van der Waals surface area contributed by atoms with Gasteiger partial charge in [0.05, 0.1) is 5.69 Å². The number of nitrogens with one attached hydrogen (secondary N) is 2. The fourth-order valence-electron chi connectivity index (χ4n) is 2.75. The van der Waals surface area contributed by atoms with E-state index in [2.05, 4.69) is 55.2 Å². The maximum absolute atomic E-state index is 4.27. The highest BCUT2D eigenvalue weighted by Gasteiger charge is 2.00. The predicted molar refractivity (Wildman–Crippen MR) is 121 cm³/mol. The standard InChI is InChI=1S/C19H26N8.HI/c1-20-19(21-10-2-3-13-26-15-23-24-16-26)22-12-9-17-5-7-18(8-6-17)27-14-4-11-25-27;/h4-8,11,14-16H,2-3,9-10,12-13H2,1H3,(H2,20,21,22);1H. The second-order valence-corrected chi connectivity index (χ2v) is 6.20. The van der Waals surface area contributed by atoms with Crippen LogP contribution in [0.3, 0.4) is 0 Å². The summed E-state index contributed by atoms with van der Waals surface area (Å²) in [4.78, 5) is 4.27. The van der Waals surface area contributed by atoms with Crippen LogP contribution in [0.5, 0.6) is 0 Å². The Morgan fingerprint density at radius 3 is 2.46 bits per heavy atom. The van der Waals surface area contributed by atoms with Gasteiger partial charge in [-0.3, -0.25) is 4.99 Å². The molecule has 0 bridgehead atoms. The molecule has 1 aromatic carbocycles. The Labute approximate surface area is 182 Å². The third-order valence-electron chi connectivity index (χ3n) is 4.24. The molecule has 2 aromatic heterocycles. The molecule has 0 aliphatic carbocycles. The molecule has 0 unspecified atom stereocenters. The monoisotopic (exact) mass is 494 g/mol. The molecule has 0 amide bonds. The first kappa shape index (κ1) is 21.9. The zero-order chi connectivity index (χ0) is 18.7. The molecule has 0 saturated heterocycles.